The number of carbonyl (C=O) groups is 2. The van der Waals surface area contributed by atoms with Crippen LogP contribution in [0.5, 0.6) is 0 Å². The third-order valence-electron chi connectivity index (χ3n) is 5.09. The molecule has 0 saturated carbocycles. The Labute approximate surface area is 212 Å². The maximum Gasteiger partial charge on any atom is 0.244 e. The molecule has 0 spiro atoms. The molecule has 0 bridgehead atoms. The predicted molar refractivity (Wildman–Crippen MR) is 139 cm³/mol. The Morgan fingerprint density at radius 2 is 1.73 bits per heavy atom. The number of benzene rings is 2. The summed E-state index contributed by atoms with van der Waals surface area (Å²) in [5, 5.41) is 2.81. The van der Waals surface area contributed by atoms with E-state index in [1.807, 2.05) is 38.1 Å². The number of sulfonamides is 1. The second kappa shape index (κ2) is 12.0. The van der Waals surface area contributed by atoms with E-state index in [0.29, 0.717) is 12.2 Å². The molecule has 0 heterocycles. The van der Waals surface area contributed by atoms with Gasteiger partial charge in [0.05, 0.1) is 11.9 Å². The van der Waals surface area contributed by atoms with Crippen LogP contribution in [0.2, 0.25) is 0 Å². The minimum Gasteiger partial charge on any atom is -0.354 e. The maximum atomic E-state index is 13.4. The molecule has 2 amide bonds. The molecule has 180 valence electrons. The molecule has 0 fully saturated rings. The first kappa shape index (κ1) is 27.3. The van der Waals surface area contributed by atoms with Crippen LogP contribution in [0.1, 0.15) is 31.4 Å². The number of carbonyl (C=O) groups excluding carboxylic acids is 2. The number of nitrogens with zero attached hydrogens (tertiary/aromatic N) is 2. The second-order valence-electron chi connectivity index (χ2n) is 7.82. The third kappa shape index (κ3) is 7.82. The van der Waals surface area contributed by atoms with Crippen molar-refractivity contribution < 1.29 is 18.0 Å². The van der Waals surface area contributed by atoms with Crippen LogP contribution < -0.4 is 9.62 Å². The Balaban J connectivity index is 2.38. The molecule has 0 saturated heterocycles. The lowest BCUT2D eigenvalue weighted by atomic mass is 10.1. The normalized spacial score (nSPS) is 12.2. The molecule has 33 heavy (non-hydrogen) atoms. The number of halogens is 2. The van der Waals surface area contributed by atoms with Crippen LogP contribution in [0.3, 0.4) is 0 Å². The molecule has 0 radical (unpaired) electrons. The SMILES string of the molecule is CCCNC(=O)[C@@H](C)N(Cc1ccc(Br)cc1)C(=O)CN(c1ccc(Br)c(C)c1)S(C)(=O)=O. The smallest absolute Gasteiger partial charge is 0.244 e. The zero-order valence-electron chi connectivity index (χ0n) is 19.1. The van der Waals surface area contributed by atoms with Crippen LogP contribution in [-0.2, 0) is 26.2 Å². The Kier molecular flexibility index (Phi) is 9.93. The standard InChI is InChI=1S/C23H29Br2N3O4S/c1-5-12-26-23(30)17(3)27(14-18-6-8-19(24)9-7-18)22(29)15-28(33(4,31)32)20-10-11-21(25)16(2)13-20/h6-11,13,17H,5,12,14-15H2,1-4H3,(H,26,30)/t17-/m1/s1. The van der Waals surface area contributed by atoms with Crippen LogP contribution in [0.15, 0.2) is 51.4 Å². The molecular weight excluding hydrogens is 574 g/mol. The summed E-state index contributed by atoms with van der Waals surface area (Å²) in [5.41, 5.74) is 2.05. The topological polar surface area (TPSA) is 86.8 Å². The van der Waals surface area contributed by atoms with Crippen molar-refractivity contribution in [1.82, 2.24) is 10.2 Å². The highest BCUT2D eigenvalue weighted by molar-refractivity contribution is 9.10. The average molecular weight is 603 g/mol. The molecule has 0 aromatic heterocycles. The van der Waals surface area contributed by atoms with Crippen molar-refractivity contribution >= 4 is 59.4 Å². The Bertz CT molecular complexity index is 1090. The summed E-state index contributed by atoms with van der Waals surface area (Å²) in [7, 11) is -3.75. The van der Waals surface area contributed by atoms with Gasteiger partial charge in [-0.1, -0.05) is 50.9 Å². The van der Waals surface area contributed by atoms with Crippen molar-refractivity contribution in [1.29, 1.82) is 0 Å². The molecule has 2 aromatic carbocycles. The zero-order valence-corrected chi connectivity index (χ0v) is 23.1. The lowest BCUT2D eigenvalue weighted by molar-refractivity contribution is -0.139. The highest BCUT2D eigenvalue weighted by Crippen LogP contribution is 2.25. The number of hydrogen-bond donors (Lipinski definition) is 1. The monoisotopic (exact) mass is 601 g/mol. The van der Waals surface area contributed by atoms with Gasteiger partial charge < -0.3 is 10.2 Å². The van der Waals surface area contributed by atoms with Gasteiger partial charge in [-0.2, -0.15) is 0 Å². The largest absolute Gasteiger partial charge is 0.354 e. The number of amides is 2. The number of hydrogen-bond acceptors (Lipinski definition) is 4. The first-order valence-electron chi connectivity index (χ1n) is 10.5. The predicted octanol–water partition coefficient (Wildman–Crippen LogP) is 4.23. The summed E-state index contributed by atoms with van der Waals surface area (Å²) in [6.07, 6.45) is 1.83. The van der Waals surface area contributed by atoms with E-state index in [-0.39, 0.29) is 12.5 Å². The van der Waals surface area contributed by atoms with Gasteiger partial charge in [-0.3, -0.25) is 13.9 Å². The molecular formula is C23H29Br2N3O4S. The van der Waals surface area contributed by atoms with E-state index < -0.39 is 28.5 Å². The first-order valence-corrected chi connectivity index (χ1v) is 13.9. The van der Waals surface area contributed by atoms with Crippen molar-refractivity contribution in [3.63, 3.8) is 0 Å². The second-order valence-corrected chi connectivity index (χ2v) is 11.5. The molecule has 0 aliphatic carbocycles. The van der Waals surface area contributed by atoms with Crippen molar-refractivity contribution in [3.05, 3.63) is 62.5 Å². The highest BCUT2D eigenvalue weighted by atomic mass is 79.9. The molecule has 0 aliphatic rings. The van der Waals surface area contributed by atoms with Crippen LogP contribution in [0.25, 0.3) is 0 Å². The van der Waals surface area contributed by atoms with Crippen molar-refractivity contribution in [2.75, 3.05) is 23.7 Å². The van der Waals surface area contributed by atoms with E-state index in [0.717, 1.165) is 37.1 Å². The van der Waals surface area contributed by atoms with E-state index >= 15 is 0 Å². The molecule has 2 rings (SSSR count). The van der Waals surface area contributed by atoms with Gasteiger partial charge in [-0.25, -0.2) is 8.42 Å². The fourth-order valence-corrected chi connectivity index (χ4v) is 4.52. The van der Waals surface area contributed by atoms with Gasteiger partial charge >= 0.3 is 0 Å². The third-order valence-corrected chi connectivity index (χ3v) is 7.65. The van der Waals surface area contributed by atoms with Crippen molar-refractivity contribution in [2.24, 2.45) is 0 Å². The number of rotatable bonds is 10. The zero-order chi connectivity index (χ0) is 24.8. The molecule has 0 unspecified atom stereocenters. The van der Waals surface area contributed by atoms with Gasteiger partial charge in [-0.05, 0) is 61.7 Å². The van der Waals surface area contributed by atoms with Gasteiger partial charge in [0.25, 0.3) is 0 Å². The van der Waals surface area contributed by atoms with Crippen LogP contribution >= 0.6 is 31.9 Å². The van der Waals surface area contributed by atoms with Crippen LogP contribution in [0.4, 0.5) is 5.69 Å². The number of anilines is 1. The number of nitrogens with one attached hydrogen (secondary N) is 1. The lowest BCUT2D eigenvalue weighted by Gasteiger charge is -2.31. The summed E-state index contributed by atoms with van der Waals surface area (Å²) in [6.45, 7) is 5.69. The molecule has 1 N–H and O–H groups in total. The summed E-state index contributed by atoms with van der Waals surface area (Å²) < 4.78 is 28.0. The minimum atomic E-state index is -3.75. The van der Waals surface area contributed by atoms with Gasteiger partial charge in [0, 0.05) is 22.0 Å². The van der Waals surface area contributed by atoms with E-state index in [1.165, 1.54) is 4.90 Å². The highest BCUT2D eigenvalue weighted by Gasteiger charge is 2.30. The molecule has 1 atom stereocenters. The maximum absolute atomic E-state index is 13.4. The lowest BCUT2D eigenvalue weighted by Crippen LogP contribution is -2.51. The first-order chi connectivity index (χ1) is 15.4. The van der Waals surface area contributed by atoms with Crippen LogP contribution in [0, 0.1) is 6.92 Å². The number of aryl methyl sites for hydroxylation is 1. The minimum absolute atomic E-state index is 0.170. The molecule has 0 aliphatic heterocycles. The van der Waals surface area contributed by atoms with Crippen molar-refractivity contribution in [3.8, 4) is 0 Å². The summed E-state index contributed by atoms with van der Waals surface area (Å²) in [4.78, 5) is 27.5. The molecule has 7 nitrogen and oxygen atoms in total. The van der Waals surface area contributed by atoms with E-state index in [1.54, 1.807) is 25.1 Å². The van der Waals surface area contributed by atoms with Gasteiger partial charge in [-0.15, -0.1) is 0 Å². The fourth-order valence-electron chi connectivity index (χ4n) is 3.16. The van der Waals surface area contributed by atoms with Crippen LogP contribution in [-0.4, -0.2) is 50.5 Å². The van der Waals surface area contributed by atoms with Gasteiger partial charge in [0.2, 0.25) is 21.8 Å². The fraction of sp³-hybridized carbons (Fsp3) is 0.391. The molecule has 2 aromatic rings. The quantitative estimate of drug-likeness (QED) is 0.441. The summed E-state index contributed by atoms with van der Waals surface area (Å²) >= 11 is 6.80. The van der Waals surface area contributed by atoms with Gasteiger partial charge in [0.15, 0.2) is 0 Å². The van der Waals surface area contributed by atoms with Crippen molar-refractivity contribution in [2.45, 2.75) is 39.8 Å². The Hall–Kier alpha value is -1.91. The average Bonchev–Trinajstić information content (AvgIpc) is 2.76. The van der Waals surface area contributed by atoms with E-state index in [9.17, 15) is 18.0 Å². The Morgan fingerprint density at radius 3 is 2.27 bits per heavy atom. The van der Waals surface area contributed by atoms with E-state index in [2.05, 4.69) is 37.2 Å². The van der Waals surface area contributed by atoms with E-state index in [4.69, 9.17) is 0 Å². The molecule has 10 heteroatoms. The summed E-state index contributed by atoms with van der Waals surface area (Å²) in [6, 6.07) is 11.7. The Morgan fingerprint density at radius 1 is 1.09 bits per heavy atom. The summed E-state index contributed by atoms with van der Waals surface area (Å²) in [5.74, 6) is -0.754. The van der Waals surface area contributed by atoms with Gasteiger partial charge in [0.1, 0.15) is 12.6 Å².